The van der Waals surface area contributed by atoms with Crippen molar-refractivity contribution in [3.8, 4) is 0 Å². The van der Waals surface area contributed by atoms with Crippen molar-refractivity contribution in [3.05, 3.63) is 36.0 Å². The highest BCUT2D eigenvalue weighted by atomic mass is 15.3. The Morgan fingerprint density at radius 1 is 1.40 bits per heavy atom. The Labute approximate surface area is 116 Å². The second-order valence-electron chi connectivity index (χ2n) is 5.37. The van der Waals surface area contributed by atoms with Crippen molar-refractivity contribution >= 4 is 16.9 Å². The molecule has 0 radical (unpaired) electrons. The molecule has 0 aromatic carbocycles. The number of hydrogen-bond acceptors (Lipinski definition) is 4. The summed E-state index contributed by atoms with van der Waals surface area (Å²) in [7, 11) is 2.10. The van der Waals surface area contributed by atoms with E-state index in [-0.39, 0.29) is 0 Å². The number of H-pyrrole nitrogens is 1. The minimum atomic E-state index is 0.395. The van der Waals surface area contributed by atoms with E-state index in [1.54, 1.807) is 6.33 Å². The Morgan fingerprint density at radius 3 is 3.15 bits per heavy atom. The highest BCUT2D eigenvalue weighted by Gasteiger charge is 2.27. The molecule has 0 spiro atoms. The molecule has 0 fully saturated rings. The lowest BCUT2D eigenvalue weighted by Gasteiger charge is -2.25. The van der Waals surface area contributed by atoms with Crippen molar-refractivity contribution in [2.45, 2.75) is 25.9 Å². The van der Waals surface area contributed by atoms with Crippen molar-refractivity contribution in [2.24, 2.45) is 0 Å². The van der Waals surface area contributed by atoms with Crippen LogP contribution < -0.4 is 4.90 Å². The lowest BCUT2D eigenvalue weighted by Crippen LogP contribution is -2.33. The predicted octanol–water partition coefficient (Wildman–Crippen LogP) is 1.52. The van der Waals surface area contributed by atoms with Crippen LogP contribution in [0.5, 0.6) is 0 Å². The van der Waals surface area contributed by atoms with E-state index in [1.807, 2.05) is 19.2 Å². The van der Waals surface area contributed by atoms with Gasteiger partial charge in [0.1, 0.15) is 17.8 Å². The first-order valence-electron chi connectivity index (χ1n) is 6.76. The van der Waals surface area contributed by atoms with Crippen LogP contribution >= 0.6 is 0 Å². The van der Waals surface area contributed by atoms with Gasteiger partial charge in [-0.25, -0.2) is 9.97 Å². The van der Waals surface area contributed by atoms with E-state index >= 15 is 0 Å². The monoisotopic (exact) mass is 268 g/mol. The van der Waals surface area contributed by atoms with Crippen molar-refractivity contribution in [1.29, 1.82) is 0 Å². The number of aromatic amines is 1. The molecule has 1 aliphatic rings. The Morgan fingerprint density at radius 2 is 2.30 bits per heavy atom. The van der Waals surface area contributed by atoms with Crippen LogP contribution in [0.2, 0.25) is 0 Å². The smallest absolute Gasteiger partial charge is 0.142 e. The van der Waals surface area contributed by atoms with Gasteiger partial charge in [-0.1, -0.05) is 0 Å². The highest BCUT2D eigenvalue weighted by Crippen LogP contribution is 2.27. The number of fused-ring (bicyclic) bond motifs is 2. The average molecular weight is 268 g/mol. The minimum absolute atomic E-state index is 0.395. The first-order chi connectivity index (χ1) is 9.72. The van der Waals surface area contributed by atoms with Gasteiger partial charge in [-0.3, -0.25) is 4.68 Å². The highest BCUT2D eigenvalue weighted by molar-refractivity contribution is 5.87. The molecule has 6 heteroatoms. The minimum Gasteiger partial charge on any atom is -0.354 e. The molecule has 1 N–H and O–H groups in total. The normalized spacial score (nSPS) is 17.6. The summed E-state index contributed by atoms with van der Waals surface area (Å²) in [6.45, 7) is 2.95. The van der Waals surface area contributed by atoms with E-state index in [2.05, 4.69) is 42.7 Å². The molecule has 0 saturated carbocycles. The summed E-state index contributed by atoms with van der Waals surface area (Å²) in [5, 5.41) is 5.59. The SMILES string of the molecule is Cc1cc2n(n1)CC(N(C)c1ncnc3[nH]ccc13)C2. The molecule has 0 saturated heterocycles. The third kappa shape index (κ3) is 1.61. The molecule has 20 heavy (non-hydrogen) atoms. The van der Waals surface area contributed by atoms with Gasteiger partial charge in [-0.2, -0.15) is 5.10 Å². The van der Waals surface area contributed by atoms with Crippen molar-refractivity contribution < 1.29 is 0 Å². The number of hydrogen-bond donors (Lipinski definition) is 1. The number of anilines is 1. The molecule has 4 rings (SSSR count). The number of nitrogens with zero attached hydrogens (tertiary/aromatic N) is 5. The lowest BCUT2D eigenvalue weighted by molar-refractivity contribution is 0.561. The summed E-state index contributed by atoms with van der Waals surface area (Å²) < 4.78 is 2.10. The van der Waals surface area contributed by atoms with E-state index in [0.717, 1.165) is 35.5 Å². The fourth-order valence-electron chi connectivity index (χ4n) is 3.00. The fraction of sp³-hybridized carbons (Fsp3) is 0.357. The van der Waals surface area contributed by atoms with Crippen molar-refractivity contribution in [3.63, 3.8) is 0 Å². The Balaban J connectivity index is 1.67. The number of aryl methyl sites for hydroxylation is 1. The summed E-state index contributed by atoms with van der Waals surface area (Å²) in [5.74, 6) is 0.976. The molecule has 1 atom stereocenters. The fourth-order valence-corrected chi connectivity index (χ4v) is 3.00. The van der Waals surface area contributed by atoms with Gasteiger partial charge in [0.2, 0.25) is 0 Å². The maximum atomic E-state index is 4.52. The summed E-state index contributed by atoms with van der Waals surface area (Å²) in [6, 6.07) is 4.59. The second kappa shape index (κ2) is 4.06. The van der Waals surface area contributed by atoms with Gasteiger partial charge in [-0.05, 0) is 19.1 Å². The maximum absolute atomic E-state index is 4.52. The van der Waals surface area contributed by atoms with Gasteiger partial charge in [0.25, 0.3) is 0 Å². The third-order valence-electron chi connectivity index (χ3n) is 4.03. The largest absolute Gasteiger partial charge is 0.354 e. The predicted molar refractivity (Wildman–Crippen MR) is 76.7 cm³/mol. The number of likely N-dealkylation sites (N-methyl/N-ethyl adjacent to an activating group) is 1. The Kier molecular flexibility index (Phi) is 2.33. The topological polar surface area (TPSA) is 62.6 Å². The third-order valence-corrected chi connectivity index (χ3v) is 4.03. The van der Waals surface area contributed by atoms with Gasteiger partial charge in [0, 0.05) is 25.4 Å². The standard InChI is InChI=1S/C14H16N6/c1-9-5-10-6-11(7-20(10)18-9)19(2)14-12-3-4-15-13(12)16-8-17-14/h3-5,8,11H,6-7H2,1-2H3,(H,15,16,17). The molecule has 102 valence electrons. The van der Waals surface area contributed by atoms with Crippen LogP contribution in [0, 0.1) is 6.92 Å². The lowest BCUT2D eigenvalue weighted by atomic mass is 10.1. The van der Waals surface area contributed by atoms with Gasteiger partial charge in [0.05, 0.1) is 23.7 Å². The van der Waals surface area contributed by atoms with Crippen LogP contribution in [0.25, 0.3) is 11.0 Å². The van der Waals surface area contributed by atoms with E-state index in [4.69, 9.17) is 0 Å². The first-order valence-corrected chi connectivity index (χ1v) is 6.76. The number of rotatable bonds is 2. The number of aromatic nitrogens is 5. The molecule has 0 amide bonds. The molecular formula is C14H16N6. The van der Waals surface area contributed by atoms with Gasteiger partial charge < -0.3 is 9.88 Å². The van der Waals surface area contributed by atoms with Crippen LogP contribution in [0.1, 0.15) is 11.4 Å². The van der Waals surface area contributed by atoms with Crippen LogP contribution in [-0.4, -0.2) is 37.8 Å². The van der Waals surface area contributed by atoms with Crippen LogP contribution in [0.15, 0.2) is 24.7 Å². The molecule has 1 unspecified atom stereocenters. The molecule has 3 aromatic heterocycles. The van der Waals surface area contributed by atoms with Crippen LogP contribution in [-0.2, 0) is 13.0 Å². The molecule has 1 aliphatic heterocycles. The second-order valence-corrected chi connectivity index (χ2v) is 5.37. The number of nitrogens with one attached hydrogen (secondary N) is 1. The zero-order chi connectivity index (χ0) is 13.7. The Hall–Kier alpha value is -2.37. The first kappa shape index (κ1) is 11.5. The summed E-state index contributed by atoms with van der Waals surface area (Å²) >= 11 is 0. The van der Waals surface area contributed by atoms with E-state index in [0.29, 0.717) is 6.04 Å². The maximum Gasteiger partial charge on any atom is 0.142 e. The van der Waals surface area contributed by atoms with Crippen LogP contribution in [0.4, 0.5) is 5.82 Å². The van der Waals surface area contributed by atoms with Crippen molar-refractivity contribution in [2.75, 3.05) is 11.9 Å². The van der Waals surface area contributed by atoms with Gasteiger partial charge in [-0.15, -0.1) is 0 Å². The average Bonchev–Trinajstić information content (AvgIpc) is 3.10. The summed E-state index contributed by atoms with van der Waals surface area (Å²) in [5.41, 5.74) is 3.28. The summed E-state index contributed by atoms with van der Waals surface area (Å²) in [6.07, 6.45) is 4.52. The van der Waals surface area contributed by atoms with E-state index in [1.165, 1.54) is 5.69 Å². The zero-order valence-corrected chi connectivity index (χ0v) is 11.5. The van der Waals surface area contributed by atoms with E-state index in [9.17, 15) is 0 Å². The molecule has 4 heterocycles. The van der Waals surface area contributed by atoms with Gasteiger partial charge in [0.15, 0.2) is 0 Å². The van der Waals surface area contributed by atoms with Crippen LogP contribution in [0.3, 0.4) is 0 Å². The molecule has 6 nitrogen and oxygen atoms in total. The Bertz CT molecular complexity index is 747. The molecule has 0 aliphatic carbocycles. The zero-order valence-electron chi connectivity index (χ0n) is 11.5. The molecule has 3 aromatic rings. The van der Waals surface area contributed by atoms with Gasteiger partial charge >= 0.3 is 0 Å². The van der Waals surface area contributed by atoms with E-state index < -0.39 is 0 Å². The summed E-state index contributed by atoms with van der Waals surface area (Å²) in [4.78, 5) is 14.1. The molecule has 0 bridgehead atoms. The van der Waals surface area contributed by atoms with Crippen molar-refractivity contribution in [1.82, 2.24) is 24.7 Å². The quantitative estimate of drug-likeness (QED) is 0.765. The molecular weight excluding hydrogens is 252 g/mol.